The van der Waals surface area contributed by atoms with Crippen molar-refractivity contribution in [3.63, 3.8) is 0 Å². The predicted molar refractivity (Wildman–Crippen MR) is 96.8 cm³/mol. The van der Waals surface area contributed by atoms with Crippen molar-refractivity contribution in [2.45, 2.75) is 19.4 Å². The van der Waals surface area contributed by atoms with Crippen LogP contribution in [-0.4, -0.2) is 38.6 Å². The number of carbonyl (C=O) groups is 1. The smallest absolute Gasteiger partial charge is 0.267 e. The van der Waals surface area contributed by atoms with Gasteiger partial charge >= 0.3 is 0 Å². The second kappa shape index (κ2) is 9.27. The number of aliphatic hydroxyl groups excluding tert-OH is 1. The average molecular weight is 347 g/mol. The van der Waals surface area contributed by atoms with Crippen molar-refractivity contribution in [2.24, 2.45) is 0 Å². The Bertz CT molecular complexity index is 753. The van der Waals surface area contributed by atoms with Gasteiger partial charge in [-0.2, -0.15) is 0 Å². The highest BCUT2D eigenvalue weighted by Gasteiger charge is 2.09. The topological polar surface area (TPSA) is 87.4 Å². The molecule has 0 aliphatic heterocycles. The summed E-state index contributed by atoms with van der Waals surface area (Å²) in [5.41, 5.74) is 4.22. The first-order valence-corrected chi connectivity index (χ1v) is 8.88. The number of aryl methyl sites for hydroxylation is 1. The van der Waals surface area contributed by atoms with Gasteiger partial charge in [-0.25, -0.2) is 10.5 Å². The summed E-state index contributed by atoms with van der Waals surface area (Å²) in [5, 5.41) is 19.7. The number of hydrogen-bond acceptors (Lipinski definition) is 5. The lowest BCUT2D eigenvalue weighted by Gasteiger charge is -2.07. The quantitative estimate of drug-likeness (QED) is 0.388. The van der Waals surface area contributed by atoms with E-state index < -0.39 is 5.91 Å². The largest absolute Gasteiger partial charge is 0.396 e. The Labute approximate surface area is 144 Å². The van der Waals surface area contributed by atoms with Gasteiger partial charge in [-0.1, -0.05) is 12.1 Å². The number of hydroxylamine groups is 1. The molecule has 2 rings (SSSR count). The number of aliphatic hydroxyl groups is 1. The number of hydrogen-bond donors (Lipinski definition) is 3. The van der Waals surface area contributed by atoms with E-state index in [2.05, 4.69) is 15.6 Å². The highest BCUT2D eigenvalue weighted by atomic mass is 32.2. The number of thioether (sulfide) groups is 1. The third-order valence-corrected chi connectivity index (χ3v) is 3.93. The number of fused-ring (bicyclic) bond motifs is 1. The molecule has 0 spiro atoms. The molecule has 0 unspecified atom stereocenters. The molecule has 0 radical (unpaired) electrons. The van der Waals surface area contributed by atoms with Crippen LogP contribution in [0.4, 0.5) is 0 Å². The molecule has 0 saturated carbocycles. The molecule has 2 aromatic rings. The van der Waals surface area contributed by atoms with E-state index in [1.54, 1.807) is 23.3 Å². The predicted octanol–water partition coefficient (Wildman–Crippen LogP) is 2.36. The van der Waals surface area contributed by atoms with Gasteiger partial charge in [0.15, 0.2) is 0 Å². The molecule has 0 fully saturated rings. The van der Waals surface area contributed by atoms with E-state index in [1.165, 1.54) is 6.08 Å². The summed E-state index contributed by atoms with van der Waals surface area (Å²) < 4.78 is 2.12. The van der Waals surface area contributed by atoms with E-state index in [0.29, 0.717) is 13.0 Å². The first-order valence-electron chi connectivity index (χ1n) is 7.59. The van der Waals surface area contributed by atoms with Gasteiger partial charge in [-0.05, 0) is 41.9 Å². The van der Waals surface area contributed by atoms with Gasteiger partial charge in [0.05, 0.1) is 11.0 Å². The zero-order chi connectivity index (χ0) is 17.4. The monoisotopic (exact) mass is 347 g/mol. The lowest BCUT2D eigenvalue weighted by atomic mass is 10.2. The first-order chi connectivity index (χ1) is 11.7. The molecule has 0 atom stereocenters. The average Bonchev–Trinajstić information content (AvgIpc) is 2.94. The molecule has 0 saturated heterocycles. The summed E-state index contributed by atoms with van der Waals surface area (Å²) in [7, 11) is 0. The van der Waals surface area contributed by atoms with Gasteiger partial charge in [-0.3, -0.25) is 10.0 Å². The van der Waals surface area contributed by atoms with Crippen molar-refractivity contribution in [1.82, 2.24) is 15.0 Å². The highest BCUT2D eigenvalue weighted by Crippen LogP contribution is 2.20. The first kappa shape index (κ1) is 18.3. The Hall–Kier alpha value is -2.09. The number of nitrogens with zero attached hydrogens (tertiary/aromatic N) is 2. The molecule has 0 aliphatic rings. The minimum absolute atomic E-state index is 0.136. The SMILES string of the molecule is CS/C=C\Cc1nc2cc(/C=C/C(=O)NO)ccc2n1CCCO. The number of imidazole rings is 1. The van der Waals surface area contributed by atoms with Gasteiger partial charge in [0.1, 0.15) is 5.82 Å². The van der Waals surface area contributed by atoms with E-state index in [1.807, 2.05) is 29.9 Å². The van der Waals surface area contributed by atoms with Crippen LogP contribution in [0.15, 0.2) is 35.8 Å². The van der Waals surface area contributed by atoms with Crippen molar-refractivity contribution in [1.29, 1.82) is 0 Å². The van der Waals surface area contributed by atoms with Crippen LogP contribution < -0.4 is 5.48 Å². The molecule has 7 heteroatoms. The van der Waals surface area contributed by atoms with E-state index in [-0.39, 0.29) is 6.61 Å². The minimum atomic E-state index is -0.577. The van der Waals surface area contributed by atoms with Gasteiger partial charge in [0, 0.05) is 25.6 Å². The number of amides is 1. The lowest BCUT2D eigenvalue weighted by molar-refractivity contribution is -0.124. The van der Waals surface area contributed by atoms with Crippen LogP contribution in [0.25, 0.3) is 17.1 Å². The number of nitrogens with one attached hydrogen (secondary N) is 1. The van der Waals surface area contributed by atoms with Gasteiger partial charge in [0.25, 0.3) is 5.91 Å². The summed E-state index contributed by atoms with van der Waals surface area (Å²) in [6.07, 6.45) is 8.33. The van der Waals surface area contributed by atoms with Crippen molar-refractivity contribution in [3.05, 3.63) is 47.1 Å². The summed E-state index contributed by atoms with van der Waals surface area (Å²) >= 11 is 1.64. The third kappa shape index (κ3) is 4.70. The van der Waals surface area contributed by atoms with Crippen LogP contribution in [-0.2, 0) is 17.8 Å². The van der Waals surface area contributed by atoms with E-state index >= 15 is 0 Å². The van der Waals surface area contributed by atoms with E-state index in [0.717, 1.165) is 28.8 Å². The normalized spacial score (nSPS) is 11.8. The Balaban J connectivity index is 2.35. The zero-order valence-corrected chi connectivity index (χ0v) is 14.3. The molecule has 1 aromatic heterocycles. The Morgan fingerprint density at radius 2 is 2.29 bits per heavy atom. The molecule has 1 heterocycles. The van der Waals surface area contributed by atoms with Crippen molar-refractivity contribution >= 4 is 34.8 Å². The maximum atomic E-state index is 11.1. The number of rotatable bonds is 8. The van der Waals surface area contributed by atoms with Crippen LogP contribution in [0.1, 0.15) is 17.8 Å². The van der Waals surface area contributed by atoms with Gasteiger partial charge < -0.3 is 9.67 Å². The fourth-order valence-corrected chi connectivity index (χ4v) is 2.68. The van der Waals surface area contributed by atoms with Crippen LogP contribution in [0.3, 0.4) is 0 Å². The molecule has 1 aromatic carbocycles. The molecule has 6 nitrogen and oxygen atoms in total. The van der Waals surface area contributed by atoms with Crippen LogP contribution in [0.2, 0.25) is 0 Å². The molecular weight excluding hydrogens is 326 g/mol. The number of benzene rings is 1. The summed E-state index contributed by atoms with van der Waals surface area (Å²) in [6.45, 7) is 0.842. The molecule has 3 N–H and O–H groups in total. The zero-order valence-electron chi connectivity index (χ0n) is 13.5. The van der Waals surface area contributed by atoms with Crippen LogP contribution in [0, 0.1) is 0 Å². The van der Waals surface area contributed by atoms with Crippen molar-refractivity contribution in [2.75, 3.05) is 12.9 Å². The summed E-state index contributed by atoms with van der Waals surface area (Å²) in [4.78, 5) is 15.8. The number of carbonyl (C=O) groups excluding carboxylic acids is 1. The molecular formula is C17H21N3O3S. The maximum absolute atomic E-state index is 11.1. The summed E-state index contributed by atoms with van der Waals surface area (Å²) in [5.74, 6) is 0.365. The number of aromatic nitrogens is 2. The Morgan fingerprint density at radius 1 is 1.46 bits per heavy atom. The fourth-order valence-electron chi connectivity index (χ4n) is 2.39. The minimum Gasteiger partial charge on any atom is -0.396 e. The standard InChI is InChI=1S/C17H21N3O3S/c1-24-11-2-4-16-18-14-12-13(6-8-17(22)19-23)5-7-15(14)20(16)9-3-10-21/h2,5-8,11-12,21,23H,3-4,9-10H2,1H3,(H,19,22)/b8-6+,11-2-. The molecule has 24 heavy (non-hydrogen) atoms. The lowest BCUT2D eigenvalue weighted by Crippen LogP contribution is -2.14. The third-order valence-electron chi connectivity index (χ3n) is 3.46. The second-order valence-corrected chi connectivity index (χ2v) is 5.87. The Morgan fingerprint density at radius 3 is 3.00 bits per heavy atom. The highest BCUT2D eigenvalue weighted by molar-refractivity contribution is 8.01. The molecule has 0 bridgehead atoms. The van der Waals surface area contributed by atoms with Crippen LogP contribution in [0.5, 0.6) is 0 Å². The number of allylic oxidation sites excluding steroid dienone is 1. The molecule has 0 aliphatic carbocycles. The van der Waals surface area contributed by atoms with Crippen molar-refractivity contribution < 1.29 is 15.1 Å². The van der Waals surface area contributed by atoms with E-state index in [9.17, 15) is 4.79 Å². The molecule has 1 amide bonds. The van der Waals surface area contributed by atoms with E-state index in [4.69, 9.17) is 10.3 Å². The molecule has 128 valence electrons. The second-order valence-electron chi connectivity index (χ2n) is 5.13. The van der Waals surface area contributed by atoms with Gasteiger partial charge in [0.2, 0.25) is 0 Å². The maximum Gasteiger partial charge on any atom is 0.267 e. The van der Waals surface area contributed by atoms with Crippen LogP contribution >= 0.6 is 11.8 Å². The van der Waals surface area contributed by atoms with Gasteiger partial charge in [-0.15, -0.1) is 11.8 Å². The fraction of sp³-hybridized carbons (Fsp3) is 0.294. The summed E-state index contributed by atoms with van der Waals surface area (Å²) in [6, 6.07) is 5.74. The Kier molecular flexibility index (Phi) is 7.05. The van der Waals surface area contributed by atoms with Crippen molar-refractivity contribution in [3.8, 4) is 0 Å².